The van der Waals surface area contributed by atoms with E-state index >= 15 is 0 Å². The predicted octanol–water partition coefficient (Wildman–Crippen LogP) is 2.72. The summed E-state index contributed by atoms with van der Waals surface area (Å²) in [5.74, 6) is 1.19. The second-order valence-corrected chi connectivity index (χ2v) is 5.81. The van der Waals surface area contributed by atoms with Gasteiger partial charge in [0, 0.05) is 23.6 Å². The lowest BCUT2D eigenvalue weighted by Crippen LogP contribution is -2.21. The van der Waals surface area contributed by atoms with Crippen LogP contribution in [0, 0.1) is 0 Å². The Hall–Kier alpha value is -2.34. The summed E-state index contributed by atoms with van der Waals surface area (Å²) in [4.78, 5) is 17.6. The van der Waals surface area contributed by atoms with Crippen LogP contribution in [0.15, 0.2) is 40.6 Å². The van der Waals surface area contributed by atoms with Crippen LogP contribution in [0.2, 0.25) is 0 Å². The Kier molecular flexibility index (Phi) is 4.11. The van der Waals surface area contributed by atoms with Gasteiger partial charge in [-0.15, -0.1) is 11.3 Å². The molecule has 114 valence electrons. The number of ether oxygens (including phenoxy) is 2. The normalized spacial score (nSPS) is 10.8. The molecule has 0 fully saturated rings. The Labute approximate surface area is 131 Å². The molecule has 1 aromatic carbocycles. The van der Waals surface area contributed by atoms with E-state index in [4.69, 9.17) is 9.47 Å². The second-order valence-electron chi connectivity index (χ2n) is 4.77. The molecule has 3 aromatic rings. The van der Waals surface area contributed by atoms with E-state index in [1.807, 2.05) is 11.4 Å². The van der Waals surface area contributed by atoms with Crippen molar-refractivity contribution in [2.75, 3.05) is 14.2 Å². The number of hydrogen-bond acceptors (Lipinski definition) is 5. The van der Waals surface area contributed by atoms with Gasteiger partial charge >= 0.3 is 0 Å². The van der Waals surface area contributed by atoms with E-state index in [2.05, 4.69) is 11.1 Å². The van der Waals surface area contributed by atoms with Gasteiger partial charge in [0.2, 0.25) is 0 Å². The van der Waals surface area contributed by atoms with Gasteiger partial charge in [0.1, 0.15) is 0 Å². The molecule has 0 atom stereocenters. The van der Waals surface area contributed by atoms with E-state index in [0.29, 0.717) is 23.6 Å². The molecule has 2 aromatic heterocycles. The second kappa shape index (κ2) is 6.19. The van der Waals surface area contributed by atoms with Gasteiger partial charge in [-0.3, -0.25) is 4.79 Å². The van der Waals surface area contributed by atoms with Gasteiger partial charge < -0.3 is 14.0 Å². The van der Waals surface area contributed by atoms with Crippen molar-refractivity contribution in [3.63, 3.8) is 0 Å². The Morgan fingerprint density at radius 1 is 1.23 bits per heavy atom. The largest absolute Gasteiger partial charge is 0.493 e. The zero-order valence-corrected chi connectivity index (χ0v) is 13.2. The van der Waals surface area contributed by atoms with E-state index in [1.165, 1.54) is 11.1 Å². The molecule has 0 saturated heterocycles. The SMILES string of the molecule is COc1cc2ncc(=O)n(CCc3cccs3)c2cc1OC. The van der Waals surface area contributed by atoms with E-state index in [9.17, 15) is 4.79 Å². The van der Waals surface area contributed by atoms with Crippen molar-refractivity contribution in [1.82, 2.24) is 9.55 Å². The molecular formula is C16H16N2O3S. The fourth-order valence-electron chi connectivity index (χ4n) is 2.40. The first-order valence-corrected chi connectivity index (χ1v) is 7.75. The standard InChI is InChI=1S/C16H16N2O3S/c1-20-14-8-12-13(9-15(14)21-2)18(16(19)10-17-12)6-5-11-4-3-7-22-11/h3-4,7-10H,5-6H2,1-2H3. The quantitative estimate of drug-likeness (QED) is 0.726. The average Bonchev–Trinajstić information content (AvgIpc) is 3.06. The van der Waals surface area contributed by atoms with Crippen molar-refractivity contribution in [3.05, 3.63) is 51.1 Å². The van der Waals surface area contributed by atoms with Crippen LogP contribution in [0.25, 0.3) is 11.0 Å². The molecule has 0 amide bonds. The lowest BCUT2D eigenvalue weighted by molar-refractivity contribution is 0.355. The van der Waals surface area contributed by atoms with Gasteiger partial charge in [0.15, 0.2) is 11.5 Å². The monoisotopic (exact) mass is 316 g/mol. The number of fused-ring (bicyclic) bond motifs is 1. The number of nitrogens with zero attached hydrogens (tertiary/aromatic N) is 2. The van der Waals surface area contributed by atoms with Gasteiger partial charge in [0.25, 0.3) is 5.56 Å². The average molecular weight is 316 g/mol. The van der Waals surface area contributed by atoms with E-state index < -0.39 is 0 Å². The number of thiophene rings is 1. The van der Waals surface area contributed by atoms with Crippen LogP contribution < -0.4 is 15.0 Å². The minimum Gasteiger partial charge on any atom is -0.493 e. The fraction of sp³-hybridized carbons (Fsp3) is 0.250. The fourth-order valence-corrected chi connectivity index (χ4v) is 3.10. The molecular weight excluding hydrogens is 300 g/mol. The van der Waals surface area contributed by atoms with Gasteiger partial charge in [0.05, 0.1) is 31.4 Å². The molecule has 0 spiro atoms. The van der Waals surface area contributed by atoms with Gasteiger partial charge in [-0.1, -0.05) is 6.07 Å². The first kappa shape index (κ1) is 14.6. The highest BCUT2D eigenvalue weighted by atomic mass is 32.1. The molecule has 3 rings (SSSR count). The number of methoxy groups -OCH3 is 2. The Morgan fingerprint density at radius 2 is 2.00 bits per heavy atom. The van der Waals surface area contributed by atoms with Crippen LogP contribution in [0.3, 0.4) is 0 Å². The Morgan fingerprint density at radius 3 is 2.68 bits per heavy atom. The first-order chi connectivity index (χ1) is 10.7. The van der Waals surface area contributed by atoms with Crippen LogP contribution >= 0.6 is 11.3 Å². The van der Waals surface area contributed by atoms with Crippen molar-refractivity contribution in [2.45, 2.75) is 13.0 Å². The van der Waals surface area contributed by atoms with Crippen LogP contribution in [0.4, 0.5) is 0 Å². The summed E-state index contributed by atoms with van der Waals surface area (Å²) in [6, 6.07) is 7.68. The molecule has 0 aliphatic rings. The molecule has 0 unspecified atom stereocenters. The van der Waals surface area contributed by atoms with Crippen LogP contribution in [0.1, 0.15) is 4.88 Å². The van der Waals surface area contributed by atoms with Gasteiger partial charge in [-0.2, -0.15) is 0 Å². The van der Waals surface area contributed by atoms with E-state index in [-0.39, 0.29) is 5.56 Å². The van der Waals surface area contributed by atoms with Crippen molar-refractivity contribution < 1.29 is 9.47 Å². The predicted molar refractivity (Wildman–Crippen MR) is 87.1 cm³/mol. The molecule has 0 aliphatic heterocycles. The zero-order chi connectivity index (χ0) is 15.5. The topological polar surface area (TPSA) is 53.3 Å². The maximum atomic E-state index is 12.2. The van der Waals surface area contributed by atoms with Gasteiger partial charge in [-0.25, -0.2) is 4.98 Å². The molecule has 0 saturated carbocycles. The molecule has 2 heterocycles. The summed E-state index contributed by atoms with van der Waals surface area (Å²) in [5, 5.41) is 2.04. The summed E-state index contributed by atoms with van der Waals surface area (Å²) in [7, 11) is 3.16. The number of hydrogen-bond donors (Lipinski definition) is 0. The zero-order valence-electron chi connectivity index (χ0n) is 12.4. The van der Waals surface area contributed by atoms with Crippen molar-refractivity contribution >= 4 is 22.4 Å². The van der Waals surface area contributed by atoms with Crippen LogP contribution in [0.5, 0.6) is 11.5 Å². The summed E-state index contributed by atoms with van der Waals surface area (Å²) in [6.45, 7) is 0.605. The van der Waals surface area contributed by atoms with E-state index in [0.717, 1.165) is 11.9 Å². The maximum Gasteiger partial charge on any atom is 0.269 e. The minimum absolute atomic E-state index is 0.115. The summed E-state index contributed by atoms with van der Waals surface area (Å²) < 4.78 is 12.3. The highest BCUT2D eigenvalue weighted by molar-refractivity contribution is 7.09. The number of aryl methyl sites for hydroxylation is 2. The maximum absolute atomic E-state index is 12.2. The van der Waals surface area contributed by atoms with Crippen molar-refractivity contribution in [3.8, 4) is 11.5 Å². The lowest BCUT2D eigenvalue weighted by Gasteiger charge is -2.12. The third-order valence-electron chi connectivity index (χ3n) is 3.51. The summed E-state index contributed by atoms with van der Waals surface area (Å²) in [6.07, 6.45) is 2.16. The molecule has 0 radical (unpaired) electrons. The third kappa shape index (κ3) is 2.69. The summed E-state index contributed by atoms with van der Waals surface area (Å²) in [5.41, 5.74) is 1.35. The molecule has 22 heavy (non-hydrogen) atoms. The highest BCUT2D eigenvalue weighted by Gasteiger charge is 2.11. The minimum atomic E-state index is -0.115. The van der Waals surface area contributed by atoms with Crippen molar-refractivity contribution in [1.29, 1.82) is 0 Å². The molecule has 0 aliphatic carbocycles. The lowest BCUT2D eigenvalue weighted by atomic mass is 10.2. The number of rotatable bonds is 5. The van der Waals surface area contributed by atoms with Crippen LogP contribution in [-0.4, -0.2) is 23.8 Å². The van der Waals surface area contributed by atoms with E-state index in [1.54, 1.807) is 42.3 Å². The first-order valence-electron chi connectivity index (χ1n) is 6.87. The van der Waals surface area contributed by atoms with Crippen molar-refractivity contribution in [2.24, 2.45) is 0 Å². The Balaban J connectivity index is 2.07. The molecule has 0 N–H and O–H groups in total. The molecule has 0 bridgehead atoms. The molecule has 5 nitrogen and oxygen atoms in total. The Bertz CT molecular complexity index is 840. The smallest absolute Gasteiger partial charge is 0.269 e. The molecule has 6 heteroatoms. The number of aromatic nitrogens is 2. The van der Waals surface area contributed by atoms with Crippen LogP contribution in [-0.2, 0) is 13.0 Å². The summed E-state index contributed by atoms with van der Waals surface area (Å²) >= 11 is 1.69. The number of benzene rings is 1. The third-order valence-corrected chi connectivity index (χ3v) is 4.45. The van der Waals surface area contributed by atoms with Gasteiger partial charge in [-0.05, 0) is 17.9 Å². The highest BCUT2D eigenvalue weighted by Crippen LogP contribution is 2.30.